The molecule has 0 radical (unpaired) electrons. The van der Waals surface area contributed by atoms with Crippen LogP contribution in [0.3, 0.4) is 0 Å². The summed E-state index contributed by atoms with van der Waals surface area (Å²) in [7, 11) is 0. The van der Waals surface area contributed by atoms with Crippen molar-refractivity contribution in [1.29, 1.82) is 0 Å². The zero-order chi connectivity index (χ0) is 13.8. The summed E-state index contributed by atoms with van der Waals surface area (Å²) in [4.78, 5) is 9.09. The summed E-state index contributed by atoms with van der Waals surface area (Å²) in [6, 6.07) is 3.83. The molecular formula is C14H18BrN3O. The van der Waals surface area contributed by atoms with Gasteiger partial charge in [0.15, 0.2) is 11.6 Å². The Morgan fingerprint density at radius 3 is 2.63 bits per heavy atom. The molecule has 0 aromatic carbocycles. The zero-order valence-electron chi connectivity index (χ0n) is 11.5. The van der Waals surface area contributed by atoms with Crippen molar-refractivity contribution in [2.24, 2.45) is 0 Å². The molecule has 0 aliphatic carbocycles. The molecule has 2 rings (SSSR count). The van der Waals surface area contributed by atoms with Gasteiger partial charge in [0, 0.05) is 6.54 Å². The number of rotatable bonds is 5. The molecule has 0 atom stereocenters. The van der Waals surface area contributed by atoms with Gasteiger partial charge >= 0.3 is 0 Å². The molecule has 0 spiro atoms. The first-order valence-corrected chi connectivity index (χ1v) is 7.32. The third-order valence-corrected chi connectivity index (χ3v) is 3.59. The molecule has 19 heavy (non-hydrogen) atoms. The SMILES string of the molecule is CCCNc1nc(-c2ccc(C)o2)nc(CC)c1Br. The van der Waals surface area contributed by atoms with Gasteiger partial charge in [-0.25, -0.2) is 9.97 Å². The minimum atomic E-state index is 0.631. The summed E-state index contributed by atoms with van der Waals surface area (Å²) in [6.07, 6.45) is 1.89. The predicted octanol–water partition coefficient (Wildman–Crippen LogP) is 4.19. The molecule has 2 heterocycles. The van der Waals surface area contributed by atoms with Crippen molar-refractivity contribution < 1.29 is 4.42 Å². The Balaban J connectivity index is 2.44. The monoisotopic (exact) mass is 323 g/mol. The lowest BCUT2D eigenvalue weighted by Gasteiger charge is -2.10. The fourth-order valence-electron chi connectivity index (χ4n) is 1.75. The van der Waals surface area contributed by atoms with Crippen LogP contribution in [-0.4, -0.2) is 16.5 Å². The summed E-state index contributed by atoms with van der Waals surface area (Å²) >= 11 is 3.57. The normalized spacial score (nSPS) is 10.7. The number of aryl methyl sites for hydroxylation is 2. The Hall–Kier alpha value is -1.36. The second kappa shape index (κ2) is 6.19. The van der Waals surface area contributed by atoms with E-state index in [0.717, 1.165) is 41.1 Å². The Labute approximate surface area is 121 Å². The summed E-state index contributed by atoms with van der Waals surface area (Å²) in [5, 5.41) is 3.31. The van der Waals surface area contributed by atoms with E-state index in [9.17, 15) is 0 Å². The van der Waals surface area contributed by atoms with E-state index in [1.165, 1.54) is 0 Å². The topological polar surface area (TPSA) is 51.0 Å². The van der Waals surface area contributed by atoms with Crippen LogP contribution in [0.15, 0.2) is 21.0 Å². The number of aromatic nitrogens is 2. The highest BCUT2D eigenvalue weighted by molar-refractivity contribution is 9.10. The van der Waals surface area contributed by atoms with Gasteiger partial charge in [0.2, 0.25) is 0 Å². The third kappa shape index (κ3) is 3.15. The van der Waals surface area contributed by atoms with E-state index in [0.29, 0.717) is 11.6 Å². The average Bonchev–Trinajstić information content (AvgIpc) is 2.84. The van der Waals surface area contributed by atoms with Gasteiger partial charge < -0.3 is 9.73 Å². The quantitative estimate of drug-likeness (QED) is 0.896. The summed E-state index contributed by atoms with van der Waals surface area (Å²) in [5.74, 6) is 3.03. The predicted molar refractivity (Wildman–Crippen MR) is 80.3 cm³/mol. The van der Waals surface area contributed by atoms with Crippen molar-refractivity contribution in [2.45, 2.75) is 33.6 Å². The first-order valence-electron chi connectivity index (χ1n) is 6.52. The molecule has 2 aromatic heterocycles. The highest BCUT2D eigenvalue weighted by Crippen LogP contribution is 2.28. The second-order valence-corrected chi connectivity index (χ2v) is 5.14. The molecule has 5 heteroatoms. The van der Waals surface area contributed by atoms with Crippen LogP contribution in [0.1, 0.15) is 31.7 Å². The van der Waals surface area contributed by atoms with E-state index < -0.39 is 0 Å². The highest BCUT2D eigenvalue weighted by Gasteiger charge is 2.14. The molecule has 0 amide bonds. The first-order chi connectivity index (χ1) is 9.15. The van der Waals surface area contributed by atoms with Gasteiger partial charge in [0.1, 0.15) is 11.6 Å². The Morgan fingerprint density at radius 1 is 1.26 bits per heavy atom. The number of anilines is 1. The van der Waals surface area contributed by atoms with Crippen LogP contribution in [0.5, 0.6) is 0 Å². The number of halogens is 1. The molecule has 0 saturated heterocycles. The fraction of sp³-hybridized carbons (Fsp3) is 0.429. The smallest absolute Gasteiger partial charge is 0.197 e. The highest BCUT2D eigenvalue weighted by atomic mass is 79.9. The Bertz CT molecular complexity index is 566. The third-order valence-electron chi connectivity index (χ3n) is 2.76. The standard InChI is InChI=1S/C14H18BrN3O/c1-4-8-16-14-12(15)10(5-2)17-13(18-14)11-7-6-9(3)19-11/h6-7H,4-5,8H2,1-3H3,(H,16,17,18). The Morgan fingerprint density at radius 2 is 2.05 bits per heavy atom. The van der Waals surface area contributed by atoms with Crippen molar-refractivity contribution in [2.75, 3.05) is 11.9 Å². The van der Waals surface area contributed by atoms with Gasteiger partial charge in [0.25, 0.3) is 0 Å². The van der Waals surface area contributed by atoms with Crippen molar-refractivity contribution in [3.8, 4) is 11.6 Å². The molecule has 102 valence electrons. The lowest BCUT2D eigenvalue weighted by Crippen LogP contribution is -2.07. The molecule has 0 aliphatic rings. The molecule has 0 bridgehead atoms. The van der Waals surface area contributed by atoms with E-state index in [1.807, 2.05) is 19.1 Å². The van der Waals surface area contributed by atoms with E-state index >= 15 is 0 Å². The summed E-state index contributed by atoms with van der Waals surface area (Å²) < 4.78 is 6.54. The van der Waals surface area contributed by atoms with E-state index in [-0.39, 0.29) is 0 Å². The Kier molecular flexibility index (Phi) is 4.58. The maximum Gasteiger partial charge on any atom is 0.197 e. The molecule has 0 aliphatic heterocycles. The molecule has 1 N–H and O–H groups in total. The number of nitrogens with one attached hydrogen (secondary N) is 1. The first kappa shape index (κ1) is 14.1. The van der Waals surface area contributed by atoms with Gasteiger partial charge in [-0.05, 0) is 47.8 Å². The summed E-state index contributed by atoms with van der Waals surface area (Å²) in [6.45, 7) is 7.00. The van der Waals surface area contributed by atoms with Crippen LogP contribution < -0.4 is 5.32 Å². The lowest BCUT2D eigenvalue weighted by atomic mass is 10.3. The van der Waals surface area contributed by atoms with Crippen molar-refractivity contribution >= 4 is 21.7 Å². The maximum absolute atomic E-state index is 5.60. The number of hydrogen-bond acceptors (Lipinski definition) is 4. The van der Waals surface area contributed by atoms with Crippen LogP contribution >= 0.6 is 15.9 Å². The molecule has 0 unspecified atom stereocenters. The van der Waals surface area contributed by atoms with Gasteiger partial charge in [-0.1, -0.05) is 13.8 Å². The lowest BCUT2D eigenvalue weighted by molar-refractivity contribution is 0.543. The minimum Gasteiger partial charge on any atom is -0.458 e. The molecular weight excluding hydrogens is 306 g/mol. The van der Waals surface area contributed by atoms with Crippen molar-refractivity contribution in [3.05, 3.63) is 28.1 Å². The van der Waals surface area contributed by atoms with Crippen LogP contribution in [-0.2, 0) is 6.42 Å². The molecule has 2 aromatic rings. The van der Waals surface area contributed by atoms with E-state index in [1.54, 1.807) is 0 Å². The van der Waals surface area contributed by atoms with Gasteiger partial charge in [-0.15, -0.1) is 0 Å². The largest absolute Gasteiger partial charge is 0.458 e. The maximum atomic E-state index is 5.60. The number of hydrogen-bond donors (Lipinski definition) is 1. The van der Waals surface area contributed by atoms with Crippen LogP contribution in [0.4, 0.5) is 5.82 Å². The zero-order valence-corrected chi connectivity index (χ0v) is 13.0. The minimum absolute atomic E-state index is 0.631. The van der Waals surface area contributed by atoms with Gasteiger partial charge in [-0.2, -0.15) is 0 Å². The number of furan rings is 1. The fourth-order valence-corrected chi connectivity index (χ4v) is 2.35. The molecule has 0 saturated carbocycles. The second-order valence-electron chi connectivity index (χ2n) is 4.35. The van der Waals surface area contributed by atoms with E-state index in [2.05, 4.69) is 45.1 Å². The molecule has 4 nitrogen and oxygen atoms in total. The average molecular weight is 324 g/mol. The van der Waals surface area contributed by atoms with Gasteiger partial charge in [-0.3, -0.25) is 0 Å². The summed E-state index contributed by atoms with van der Waals surface area (Å²) in [5.41, 5.74) is 0.984. The van der Waals surface area contributed by atoms with Crippen molar-refractivity contribution in [3.63, 3.8) is 0 Å². The van der Waals surface area contributed by atoms with Crippen LogP contribution in [0, 0.1) is 6.92 Å². The van der Waals surface area contributed by atoms with Crippen LogP contribution in [0.25, 0.3) is 11.6 Å². The molecule has 0 fully saturated rings. The van der Waals surface area contributed by atoms with E-state index in [4.69, 9.17) is 4.42 Å². The van der Waals surface area contributed by atoms with Crippen molar-refractivity contribution in [1.82, 2.24) is 9.97 Å². The number of nitrogens with zero attached hydrogens (tertiary/aromatic N) is 2. The van der Waals surface area contributed by atoms with Crippen LogP contribution in [0.2, 0.25) is 0 Å². The van der Waals surface area contributed by atoms with Gasteiger partial charge in [0.05, 0.1) is 10.2 Å².